The molecule has 30 heavy (non-hydrogen) atoms. The van der Waals surface area contributed by atoms with Crippen molar-refractivity contribution in [3.8, 4) is 11.5 Å². The van der Waals surface area contributed by atoms with Crippen molar-refractivity contribution in [1.82, 2.24) is 4.98 Å². The van der Waals surface area contributed by atoms with Crippen LogP contribution in [0.25, 0.3) is 16.3 Å². The van der Waals surface area contributed by atoms with Gasteiger partial charge in [0, 0.05) is 12.7 Å². The third-order valence-electron chi connectivity index (χ3n) is 5.02. The van der Waals surface area contributed by atoms with Crippen LogP contribution in [0.2, 0.25) is 0 Å². The molecule has 0 spiro atoms. The molecule has 1 aromatic heterocycles. The van der Waals surface area contributed by atoms with Gasteiger partial charge in [-0.3, -0.25) is 9.69 Å². The third kappa shape index (κ3) is 4.32. The summed E-state index contributed by atoms with van der Waals surface area (Å²) in [6.07, 6.45) is 5.36. The van der Waals surface area contributed by atoms with E-state index in [0.717, 1.165) is 29.7 Å². The summed E-state index contributed by atoms with van der Waals surface area (Å²) in [6.45, 7) is 1.19. The Balaban J connectivity index is 1.70. The maximum atomic E-state index is 13.2. The molecule has 7 heteroatoms. The molecule has 156 valence electrons. The lowest BCUT2D eigenvalue weighted by Crippen LogP contribution is -2.36. The van der Waals surface area contributed by atoms with Crippen LogP contribution >= 0.6 is 11.3 Å². The number of carbonyl (C=O) groups excluding carboxylic acids is 1. The number of nitrogens with zero attached hydrogens (tertiary/aromatic N) is 2. The average Bonchev–Trinajstić information content (AvgIpc) is 3.45. The van der Waals surface area contributed by atoms with Crippen LogP contribution in [0.15, 0.2) is 48.5 Å². The highest BCUT2D eigenvalue weighted by Crippen LogP contribution is 2.40. The van der Waals surface area contributed by atoms with Crippen molar-refractivity contribution in [3.05, 3.63) is 54.1 Å². The van der Waals surface area contributed by atoms with E-state index in [2.05, 4.69) is 0 Å². The largest absolute Gasteiger partial charge is 0.495 e. The number of aromatic nitrogens is 1. The lowest BCUT2D eigenvalue weighted by molar-refractivity contribution is -0.114. The molecule has 1 fully saturated rings. The SMILES string of the molecule is COc1ccc(OC)c2sc(N(CC3CCCO3)C(=O)/C=C/c3ccccc3)nc12. The summed E-state index contributed by atoms with van der Waals surface area (Å²) in [4.78, 5) is 19.6. The van der Waals surface area contributed by atoms with Gasteiger partial charge in [0.15, 0.2) is 5.13 Å². The van der Waals surface area contributed by atoms with Gasteiger partial charge in [0.25, 0.3) is 5.91 Å². The summed E-state index contributed by atoms with van der Waals surface area (Å²) >= 11 is 1.42. The Morgan fingerprint density at radius 1 is 1.20 bits per heavy atom. The Morgan fingerprint density at radius 2 is 1.97 bits per heavy atom. The monoisotopic (exact) mass is 424 g/mol. The number of carbonyl (C=O) groups is 1. The van der Waals surface area contributed by atoms with Crippen LogP contribution in [-0.4, -0.2) is 44.4 Å². The van der Waals surface area contributed by atoms with Gasteiger partial charge in [0.05, 0.1) is 26.9 Å². The molecule has 0 saturated carbocycles. The first-order chi connectivity index (χ1) is 14.7. The molecular formula is C23H24N2O4S. The number of anilines is 1. The lowest BCUT2D eigenvalue weighted by atomic mass is 10.2. The van der Waals surface area contributed by atoms with Gasteiger partial charge in [-0.2, -0.15) is 0 Å². The number of benzene rings is 2. The molecule has 1 amide bonds. The zero-order valence-electron chi connectivity index (χ0n) is 17.0. The first kappa shape index (κ1) is 20.4. The van der Waals surface area contributed by atoms with Crippen molar-refractivity contribution in [2.24, 2.45) is 0 Å². The Kier molecular flexibility index (Phi) is 6.30. The first-order valence-electron chi connectivity index (χ1n) is 9.87. The molecule has 2 heterocycles. The summed E-state index contributed by atoms with van der Waals surface area (Å²) in [5, 5.41) is 0.603. The third-order valence-corrected chi connectivity index (χ3v) is 6.12. The number of hydrogen-bond acceptors (Lipinski definition) is 6. The van der Waals surface area contributed by atoms with E-state index in [0.29, 0.717) is 28.7 Å². The van der Waals surface area contributed by atoms with Gasteiger partial charge in [-0.05, 0) is 36.6 Å². The van der Waals surface area contributed by atoms with E-state index in [4.69, 9.17) is 19.2 Å². The van der Waals surface area contributed by atoms with Gasteiger partial charge in [-0.1, -0.05) is 41.7 Å². The van der Waals surface area contributed by atoms with Gasteiger partial charge < -0.3 is 14.2 Å². The van der Waals surface area contributed by atoms with Gasteiger partial charge in [0.1, 0.15) is 21.7 Å². The fraction of sp³-hybridized carbons (Fsp3) is 0.304. The van der Waals surface area contributed by atoms with Gasteiger partial charge in [0.2, 0.25) is 0 Å². The van der Waals surface area contributed by atoms with E-state index >= 15 is 0 Å². The Labute approximate surface area is 179 Å². The molecule has 3 aromatic rings. The minimum atomic E-state index is -0.133. The molecule has 0 aliphatic carbocycles. The standard InChI is InChI=1S/C23H24N2O4S/c1-27-18-11-12-19(28-2)22-21(18)24-23(30-22)25(15-17-9-6-14-29-17)20(26)13-10-16-7-4-3-5-8-16/h3-5,7-8,10-13,17H,6,9,14-15H2,1-2H3/b13-10+. The quantitative estimate of drug-likeness (QED) is 0.521. The zero-order valence-corrected chi connectivity index (χ0v) is 17.9. The number of amides is 1. The van der Waals surface area contributed by atoms with Crippen molar-refractivity contribution < 1.29 is 19.0 Å². The highest BCUT2D eigenvalue weighted by atomic mass is 32.1. The highest BCUT2D eigenvalue weighted by Gasteiger charge is 2.26. The molecule has 1 aliphatic heterocycles. The Hall–Kier alpha value is -2.90. The predicted octanol–water partition coefficient (Wildman–Crippen LogP) is 4.54. The zero-order chi connectivity index (χ0) is 20.9. The van der Waals surface area contributed by atoms with E-state index in [9.17, 15) is 4.79 Å². The molecule has 1 unspecified atom stereocenters. The first-order valence-corrected chi connectivity index (χ1v) is 10.7. The smallest absolute Gasteiger partial charge is 0.252 e. The molecule has 1 atom stereocenters. The molecule has 2 aromatic carbocycles. The van der Waals surface area contributed by atoms with Crippen molar-refractivity contribution in [3.63, 3.8) is 0 Å². The van der Waals surface area contributed by atoms with Crippen molar-refractivity contribution in [2.75, 3.05) is 32.3 Å². The van der Waals surface area contributed by atoms with E-state index < -0.39 is 0 Å². The number of thiazole rings is 1. The maximum absolute atomic E-state index is 13.2. The summed E-state index contributed by atoms with van der Waals surface area (Å²) < 4.78 is 17.6. The average molecular weight is 425 g/mol. The van der Waals surface area contributed by atoms with E-state index in [1.807, 2.05) is 48.5 Å². The van der Waals surface area contributed by atoms with Crippen LogP contribution in [-0.2, 0) is 9.53 Å². The normalized spacial score (nSPS) is 16.3. The van der Waals surface area contributed by atoms with Crippen LogP contribution < -0.4 is 14.4 Å². The topological polar surface area (TPSA) is 60.9 Å². The fourth-order valence-corrected chi connectivity index (χ4v) is 4.55. The summed E-state index contributed by atoms with van der Waals surface area (Å²) in [7, 11) is 3.23. The number of rotatable bonds is 7. The minimum absolute atomic E-state index is 0.00915. The van der Waals surface area contributed by atoms with Crippen LogP contribution in [0.1, 0.15) is 18.4 Å². The number of hydrogen-bond donors (Lipinski definition) is 0. The predicted molar refractivity (Wildman–Crippen MR) is 120 cm³/mol. The highest BCUT2D eigenvalue weighted by molar-refractivity contribution is 7.22. The summed E-state index contributed by atoms with van der Waals surface area (Å²) in [5.74, 6) is 1.22. The summed E-state index contributed by atoms with van der Waals surface area (Å²) in [6, 6.07) is 13.4. The van der Waals surface area contributed by atoms with Gasteiger partial charge >= 0.3 is 0 Å². The Bertz CT molecular complexity index is 1000. The molecule has 0 N–H and O–H groups in total. The lowest BCUT2D eigenvalue weighted by Gasteiger charge is -2.21. The number of methoxy groups -OCH3 is 2. The molecule has 1 saturated heterocycles. The fourth-order valence-electron chi connectivity index (χ4n) is 3.47. The van der Waals surface area contributed by atoms with Crippen molar-refractivity contribution in [1.29, 1.82) is 0 Å². The maximum Gasteiger partial charge on any atom is 0.252 e. The molecule has 0 radical (unpaired) electrons. The van der Waals surface area contributed by atoms with Crippen molar-refractivity contribution in [2.45, 2.75) is 18.9 Å². The molecular weight excluding hydrogens is 400 g/mol. The van der Waals surface area contributed by atoms with Gasteiger partial charge in [-0.25, -0.2) is 4.98 Å². The van der Waals surface area contributed by atoms with Crippen LogP contribution in [0, 0.1) is 0 Å². The molecule has 6 nitrogen and oxygen atoms in total. The van der Waals surface area contributed by atoms with Crippen LogP contribution in [0.4, 0.5) is 5.13 Å². The number of ether oxygens (including phenoxy) is 3. The second-order valence-corrected chi connectivity index (χ2v) is 7.95. The molecule has 0 bridgehead atoms. The second-order valence-electron chi connectivity index (χ2n) is 6.97. The van der Waals surface area contributed by atoms with E-state index in [-0.39, 0.29) is 12.0 Å². The molecule has 4 rings (SSSR count). The van der Waals surface area contributed by atoms with E-state index in [1.165, 1.54) is 11.3 Å². The van der Waals surface area contributed by atoms with E-state index in [1.54, 1.807) is 25.2 Å². The van der Waals surface area contributed by atoms with Gasteiger partial charge in [-0.15, -0.1) is 0 Å². The second kappa shape index (κ2) is 9.28. The van der Waals surface area contributed by atoms with Crippen LogP contribution in [0.5, 0.6) is 11.5 Å². The minimum Gasteiger partial charge on any atom is -0.495 e. The Morgan fingerprint density at radius 3 is 2.67 bits per heavy atom. The molecule has 1 aliphatic rings. The summed E-state index contributed by atoms with van der Waals surface area (Å²) in [5.41, 5.74) is 1.66. The van der Waals surface area contributed by atoms with Crippen molar-refractivity contribution >= 4 is 38.7 Å². The van der Waals surface area contributed by atoms with Crippen LogP contribution in [0.3, 0.4) is 0 Å². The number of fused-ring (bicyclic) bond motifs is 1.